The Labute approximate surface area is 78.6 Å². The first-order valence-electron chi connectivity index (χ1n) is 3.61. The Morgan fingerprint density at radius 3 is 2.71 bits per heavy atom. The number of hydrogen-bond donors (Lipinski definition) is 1. The lowest BCUT2D eigenvalue weighted by atomic mass is 10.2. The number of nitrogens with zero attached hydrogens (tertiary/aromatic N) is 2. The Morgan fingerprint density at radius 1 is 1.50 bits per heavy atom. The van der Waals surface area contributed by atoms with Crippen molar-refractivity contribution in [2.75, 3.05) is 0 Å². The smallest absolute Gasteiger partial charge is 0.235 e. The van der Waals surface area contributed by atoms with Gasteiger partial charge in [0.05, 0.1) is 4.92 Å². The number of nitroso groups, excluding NO2 is 1. The molecule has 0 heterocycles. The van der Waals surface area contributed by atoms with Crippen LogP contribution < -0.4 is 0 Å². The monoisotopic (exact) mass is 194 g/mol. The predicted molar refractivity (Wildman–Crippen MR) is 49.6 cm³/mol. The van der Waals surface area contributed by atoms with E-state index in [0.29, 0.717) is 5.56 Å². The molecule has 1 N–H and O–H groups in total. The Bertz CT molecular complexity index is 400. The third-order valence-corrected chi connectivity index (χ3v) is 1.49. The van der Waals surface area contributed by atoms with Gasteiger partial charge in [-0.05, 0) is 22.9 Å². The van der Waals surface area contributed by atoms with E-state index in [0.717, 1.165) is 6.20 Å². The van der Waals surface area contributed by atoms with Crippen LogP contribution in [0.2, 0.25) is 0 Å². The standard InChI is InChI=1S/C8H6N2O4/c11-8-5-6(3-4-10(13)14)1-2-7(8)9-12/h1-5,11H/b4-3+. The van der Waals surface area contributed by atoms with E-state index in [-0.39, 0.29) is 11.4 Å². The average Bonchev–Trinajstić information content (AvgIpc) is 2.15. The number of phenolic OH excluding ortho intramolecular Hbond substituents is 1. The molecule has 1 aromatic rings. The van der Waals surface area contributed by atoms with Gasteiger partial charge in [-0.3, -0.25) is 10.1 Å². The van der Waals surface area contributed by atoms with Crippen molar-refractivity contribution >= 4 is 11.8 Å². The van der Waals surface area contributed by atoms with E-state index in [1.165, 1.54) is 24.3 Å². The molecule has 6 nitrogen and oxygen atoms in total. The van der Waals surface area contributed by atoms with E-state index < -0.39 is 4.92 Å². The van der Waals surface area contributed by atoms with Crippen LogP contribution in [0.15, 0.2) is 29.6 Å². The topological polar surface area (TPSA) is 92.8 Å². The minimum Gasteiger partial charge on any atom is -0.506 e. The van der Waals surface area contributed by atoms with E-state index in [2.05, 4.69) is 5.18 Å². The number of phenols is 1. The summed E-state index contributed by atoms with van der Waals surface area (Å²) in [6.45, 7) is 0. The number of nitro groups is 1. The van der Waals surface area contributed by atoms with Crippen molar-refractivity contribution in [1.29, 1.82) is 0 Å². The highest BCUT2D eigenvalue weighted by Gasteiger charge is 2.01. The molecule has 0 atom stereocenters. The van der Waals surface area contributed by atoms with Gasteiger partial charge in [0.15, 0.2) is 0 Å². The lowest BCUT2D eigenvalue weighted by Gasteiger charge is -1.96. The van der Waals surface area contributed by atoms with Crippen LogP contribution in [0, 0.1) is 15.0 Å². The summed E-state index contributed by atoms with van der Waals surface area (Å²) < 4.78 is 0. The molecule has 0 fully saturated rings. The minimum absolute atomic E-state index is 0.0942. The van der Waals surface area contributed by atoms with Crippen LogP contribution in [-0.2, 0) is 0 Å². The summed E-state index contributed by atoms with van der Waals surface area (Å²) >= 11 is 0. The molecule has 1 rings (SSSR count). The van der Waals surface area contributed by atoms with Gasteiger partial charge in [0.25, 0.3) is 0 Å². The SMILES string of the molecule is O=Nc1ccc(/C=C/[N+](=O)[O-])cc1O. The number of rotatable bonds is 3. The largest absolute Gasteiger partial charge is 0.506 e. The maximum atomic E-state index is 10.1. The highest BCUT2D eigenvalue weighted by atomic mass is 16.6. The van der Waals surface area contributed by atoms with Crippen molar-refractivity contribution < 1.29 is 10.0 Å². The van der Waals surface area contributed by atoms with Gasteiger partial charge in [0.2, 0.25) is 6.20 Å². The average molecular weight is 194 g/mol. The summed E-state index contributed by atoms with van der Waals surface area (Å²) in [6.07, 6.45) is 1.94. The molecule has 0 amide bonds. The van der Waals surface area contributed by atoms with Crippen LogP contribution in [0.4, 0.5) is 5.69 Å². The molecule has 0 saturated carbocycles. The van der Waals surface area contributed by atoms with Crippen LogP contribution in [0.3, 0.4) is 0 Å². The van der Waals surface area contributed by atoms with Gasteiger partial charge in [-0.1, -0.05) is 6.07 Å². The summed E-state index contributed by atoms with van der Waals surface area (Å²) in [5.74, 6) is -0.300. The maximum absolute atomic E-state index is 10.1. The second kappa shape index (κ2) is 4.13. The normalized spacial score (nSPS) is 10.3. The molecular weight excluding hydrogens is 188 g/mol. The third kappa shape index (κ3) is 2.37. The Balaban J connectivity index is 2.97. The van der Waals surface area contributed by atoms with Crippen molar-refractivity contribution in [3.05, 3.63) is 45.0 Å². The van der Waals surface area contributed by atoms with Crippen molar-refractivity contribution in [1.82, 2.24) is 0 Å². The first-order chi connectivity index (χ1) is 6.63. The first-order valence-corrected chi connectivity index (χ1v) is 3.61. The van der Waals surface area contributed by atoms with Gasteiger partial charge < -0.3 is 5.11 Å². The number of aromatic hydroxyl groups is 1. The zero-order valence-electron chi connectivity index (χ0n) is 6.95. The van der Waals surface area contributed by atoms with E-state index >= 15 is 0 Å². The molecule has 0 radical (unpaired) electrons. The van der Waals surface area contributed by atoms with E-state index in [1.807, 2.05) is 0 Å². The molecule has 1 aromatic carbocycles. The molecule has 0 aliphatic rings. The summed E-state index contributed by atoms with van der Waals surface area (Å²) in [4.78, 5) is 19.4. The van der Waals surface area contributed by atoms with E-state index in [9.17, 15) is 15.0 Å². The van der Waals surface area contributed by atoms with Crippen LogP contribution in [0.25, 0.3) is 6.08 Å². The van der Waals surface area contributed by atoms with Crippen LogP contribution in [0.5, 0.6) is 5.75 Å². The highest BCUT2D eigenvalue weighted by Crippen LogP contribution is 2.27. The van der Waals surface area contributed by atoms with Gasteiger partial charge in [0, 0.05) is 6.08 Å². The molecular formula is C8H6N2O4. The van der Waals surface area contributed by atoms with Crippen molar-refractivity contribution in [2.45, 2.75) is 0 Å². The van der Waals surface area contributed by atoms with Gasteiger partial charge in [0.1, 0.15) is 11.4 Å². The summed E-state index contributed by atoms with van der Waals surface area (Å²) in [5, 5.41) is 21.7. The highest BCUT2D eigenvalue weighted by molar-refractivity contribution is 5.59. The van der Waals surface area contributed by atoms with Gasteiger partial charge in [-0.15, -0.1) is 4.91 Å². The maximum Gasteiger partial charge on any atom is 0.235 e. The van der Waals surface area contributed by atoms with E-state index in [1.54, 1.807) is 0 Å². The van der Waals surface area contributed by atoms with E-state index in [4.69, 9.17) is 5.11 Å². The molecule has 0 spiro atoms. The van der Waals surface area contributed by atoms with Crippen LogP contribution in [0.1, 0.15) is 5.56 Å². The second-order valence-corrected chi connectivity index (χ2v) is 2.44. The summed E-state index contributed by atoms with van der Waals surface area (Å²) in [6, 6.07) is 3.94. The summed E-state index contributed by atoms with van der Waals surface area (Å²) in [5.41, 5.74) is 0.329. The zero-order chi connectivity index (χ0) is 10.6. The predicted octanol–water partition coefficient (Wildman–Crippen LogP) is 2.04. The minimum atomic E-state index is -0.622. The molecule has 0 bridgehead atoms. The molecule has 14 heavy (non-hydrogen) atoms. The van der Waals surface area contributed by atoms with Crippen LogP contribution >= 0.6 is 0 Å². The quantitative estimate of drug-likeness (QED) is 0.452. The fraction of sp³-hybridized carbons (Fsp3) is 0. The van der Waals surface area contributed by atoms with Crippen molar-refractivity contribution in [3.8, 4) is 5.75 Å². The summed E-state index contributed by atoms with van der Waals surface area (Å²) in [7, 11) is 0. The molecule has 0 unspecified atom stereocenters. The number of hydrogen-bond acceptors (Lipinski definition) is 5. The van der Waals surface area contributed by atoms with Crippen LogP contribution in [-0.4, -0.2) is 10.0 Å². The first kappa shape index (κ1) is 9.85. The molecule has 6 heteroatoms. The Hall–Kier alpha value is -2.24. The number of benzene rings is 1. The second-order valence-electron chi connectivity index (χ2n) is 2.44. The lowest BCUT2D eigenvalue weighted by molar-refractivity contribution is -0.400. The molecule has 72 valence electrons. The van der Waals surface area contributed by atoms with Crippen molar-refractivity contribution in [2.24, 2.45) is 5.18 Å². The fourth-order valence-electron chi connectivity index (χ4n) is 0.868. The Kier molecular flexibility index (Phi) is 2.90. The zero-order valence-corrected chi connectivity index (χ0v) is 6.95. The molecule has 0 saturated heterocycles. The van der Waals surface area contributed by atoms with Crippen molar-refractivity contribution in [3.63, 3.8) is 0 Å². The van der Waals surface area contributed by atoms with Gasteiger partial charge >= 0.3 is 0 Å². The fourth-order valence-corrected chi connectivity index (χ4v) is 0.868. The Morgan fingerprint density at radius 2 is 2.21 bits per heavy atom. The van der Waals surface area contributed by atoms with Gasteiger partial charge in [-0.2, -0.15) is 0 Å². The van der Waals surface area contributed by atoms with Gasteiger partial charge in [-0.25, -0.2) is 0 Å². The molecule has 0 aliphatic carbocycles. The molecule has 0 aromatic heterocycles. The molecule has 0 aliphatic heterocycles. The lowest BCUT2D eigenvalue weighted by Crippen LogP contribution is -1.82. The third-order valence-electron chi connectivity index (χ3n) is 1.49.